The number of hydrogen-bond donors (Lipinski definition) is 2. The SMILES string of the molecule is CC(C)(C)C(=O)Nc1cc(C#N)ccc1COC(=O)N1C[C@@H]2CN(C(=O)c3ccc(S(N)(=O)=O)nc3)C[C@H]2C1. The third-order valence-corrected chi connectivity index (χ3v) is 7.65. The fraction of sp³-hybridized carbons (Fsp3) is 0.423. The van der Waals surface area contributed by atoms with Gasteiger partial charge in [-0.2, -0.15) is 5.26 Å². The van der Waals surface area contributed by atoms with Gasteiger partial charge in [-0.05, 0) is 24.3 Å². The molecule has 0 bridgehead atoms. The second-order valence-corrected chi connectivity index (χ2v) is 12.3. The molecule has 0 spiro atoms. The molecule has 2 aromatic rings. The number of benzene rings is 1. The number of carbonyl (C=O) groups is 3. The van der Waals surface area contributed by atoms with Gasteiger partial charge in [-0.3, -0.25) is 9.59 Å². The second-order valence-electron chi connectivity index (χ2n) is 10.8. The normalized spacial score (nSPS) is 18.8. The maximum Gasteiger partial charge on any atom is 0.410 e. The summed E-state index contributed by atoms with van der Waals surface area (Å²) >= 11 is 0. The van der Waals surface area contributed by atoms with E-state index in [9.17, 15) is 28.1 Å². The number of rotatable bonds is 5. The molecule has 206 valence electrons. The maximum absolute atomic E-state index is 12.9. The van der Waals surface area contributed by atoms with Gasteiger partial charge in [-0.1, -0.05) is 26.8 Å². The average Bonchev–Trinajstić information content (AvgIpc) is 3.46. The fourth-order valence-electron chi connectivity index (χ4n) is 4.59. The van der Waals surface area contributed by atoms with Gasteiger partial charge in [0.15, 0.2) is 5.03 Å². The quantitative estimate of drug-likeness (QED) is 0.563. The molecule has 1 aromatic carbocycles. The van der Waals surface area contributed by atoms with E-state index in [1.54, 1.807) is 48.8 Å². The molecule has 2 aliphatic heterocycles. The van der Waals surface area contributed by atoms with E-state index in [2.05, 4.69) is 10.3 Å². The van der Waals surface area contributed by atoms with Crippen LogP contribution < -0.4 is 10.5 Å². The molecule has 0 unspecified atom stereocenters. The van der Waals surface area contributed by atoms with E-state index in [4.69, 9.17) is 9.88 Å². The second kappa shape index (κ2) is 10.6. The minimum atomic E-state index is -3.95. The topological polar surface area (TPSA) is 176 Å². The lowest BCUT2D eigenvalue weighted by molar-refractivity contribution is -0.123. The highest BCUT2D eigenvalue weighted by molar-refractivity contribution is 7.89. The van der Waals surface area contributed by atoms with Gasteiger partial charge in [0.2, 0.25) is 5.91 Å². The Labute approximate surface area is 226 Å². The monoisotopic (exact) mass is 554 g/mol. The van der Waals surface area contributed by atoms with E-state index in [1.807, 2.05) is 6.07 Å². The molecule has 2 fully saturated rings. The van der Waals surface area contributed by atoms with Crippen LogP contribution in [0.2, 0.25) is 0 Å². The first-order valence-corrected chi connectivity index (χ1v) is 13.8. The summed E-state index contributed by atoms with van der Waals surface area (Å²) in [5.74, 6) is -0.338. The van der Waals surface area contributed by atoms with Crippen LogP contribution in [0, 0.1) is 28.6 Å². The summed E-state index contributed by atoms with van der Waals surface area (Å²) in [6.07, 6.45) is 0.698. The number of likely N-dealkylation sites (tertiary alicyclic amines) is 2. The van der Waals surface area contributed by atoms with Crippen LogP contribution in [-0.2, 0) is 26.2 Å². The van der Waals surface area contributed by atoms with Gasteiger partial charge in [0, 0.05) is 60.9 Å². The zero-order valence-electron chi connectivity index (χ0n) is 21.9. The number of amides is 3. The molecule has 13 heteroatoms. The van der Waals surface area contributed by atoms with Crippen molar-refractivity contribution in [1.29, 1.82) is 5.26 Å². The van der Waals surface area contributed by atoms with Gasteiger partial charge in [0.25, 0.3) is 15.9 Å². The molecule has 4 rings (SSSR count). The van der Waals surface area contributed by atoms with E-state index in [0.717, 1.165) is 0 Å². The zero-order valence-corrected chi connectivity index (χ0v) is 22.7. The van der Waals surface area contributed by atoms with Gasteiger partial charge < -0.3 is 19.9 Å². The Kier molecular flexibility index (Phi) is 7.63. The van der Waals surface area contributed by atoms with Gasteiger partial charge in [-0.25, -0.2) is 23.3 Å². The van der Waals surface area contributed by atoms with Crippen LogP contribution in [0.25, 0.3) is 0 Å². The van der Waals surface area contributed by atoms with Crippen molar-refractivity contribution >= 4 is 33.6 Å². The summed E-state index contributed by atoms with van der Waals surface area (Å²) in [6, 6.07) is 9.42. The number of hydrogen-bond acceptors (Lipinski definition) is 8. The van der Waals surface area contributed by atoms with Gasteiger partial charge in [0.1, 0.15) is 6.61 Å². The molecule has 1 aromatic heterocycles. The molecule has 0 aliphatic carbocycles. The number of aromatic nitrogens is 1. The van der Waals surface area contributed by atoms with Crippen LogP contribution >= 0.6 is 0 Å². The van der Waals surface area contributed by atoms with Crippen LogP contribution in [0.4, 0.5) is 10.5 Å². The standard InChI is InChI=1S/C26H30N6O6S/c1-26(2,3)24(34)30-21-8-16(9-27)4-5-18(21)15-38-25(35)32-13-19-11-31(12-20(19)14-32)23(33)17-6-7-22(29-10-17)39(28,36)37/h4-8,10,19-20H,11-15H2,1-3H3,(H,30,34)(H2,28,36,37)/t19-,20-/m0/s1. The number of nitrogens with one attached hydrogen (secondary N) is 1. The first kappa shape index (κ1) is 28.0. The smallest absolute Gasteiger partial charge is 0.410 e. The van der Waals surface area contributed by atoms with Crippen LogP contribution in [-0.4, -0.2) is 67.3 Å². The number of ether oxygens (including phenoxy) is 1. The van der Waals surface area contributed by atoms with Crippen LogP contribution in [0.1, 0.15) is 42.3 Å². The molecule has 12 nitrogen and oxygen atoms in total. The third-order valence-electron chi connectivity index (χ3n) is 6.83. The number of anilines is 1. The molecular formula is C26H30N6O6S. The van der Waals surface area contributed by atoms with Crippen molar-refractivity contribution in [3.8, 4) is 6.07 Å². The largest absolute Gasteiger partial charge is 0.444 e. The van der Waals surface area contributed by atoms with E-state index in [1.165, 1.54) is 18.3 Å². The lowest BCUT2D eigenvalue weighted by Gasteiger charge is -2.22. The van der Waals surface area contributed by atoms with Crippen molar-refractivity contribution in [2.24, 2.45) is 22.4 Å². The minimum Gasteiger partial charge on any atom is -0.444 e. The summed E-state index contributed by atoms with van der Waals surface area (Å²) in [5, 5.41) is 16.8. The Balaban J connectivity index is 1.33. The van der Waals surface area contributed by atoms with Crippen molar-refractivity contribution in [2.45, 2.75) is 32.4 Å². The van der Waals surface area contributed by atoms with Crippen molar-refractivity contribution < 1.29 is 27.5 Å². The number of nitrogens with two attached hydrogens (primary N) is 1. The highest BCUT2D eigenvalue weighted by Gasteiger charge is 2.43. The van der Waals surface area contributed by atoms with Gasteiger partial charge in [-0.15, -0.1) is 0 Å². The summed E-state index contributed by atoms with van der Waals surface area (Å²) in [5.41, 5.74) is 0.968. The van der Waals surface area contributed by atoms with Crippen LogP contribution in [0.3, 0.4) is 0 Å². The van der Waals surface area contributed by atoms with E-state index >= 15 is 0 Å². The molecule has 3 amide bonds. The number of primary sulfonamides is 1. The molecule has 0 radical (unpaired) electrons. The van der Waals surface area contributed by atoms with Gasteiger partial charge in [0.05, 0.1) is 17.2 Å². The van der Waals surface area contributed by atoms with Crippen molar-refractivity contribution in [3.05, 3.63) is 53.2 Å². The van der Waals surface area contributed by atoms with Crippen molar-refractivity contribution in [2.75, 3.05) is 31.5 Å². The summed E-state index contributed by atoms with van der Waals surface area (Å²) < 4.78 is 28.3. The third kappa shape index (κ3) is 6.35. The number of carbonyl (C=O) groups excluding carboxylic acids is 3. The molecular weight excluding hydrogens is 524 g/mol. The predicted octanol–water partition coefficient (Wildman–Crippen LogP) is 1.93. The fourth-order valence-corrected chi connectivity index (χ4v) is 5.05. The Bertz CT molecular complexity index is 1430. The molecule has 3 heterocycles. The Morgan fingerprint density at radius 2 is 1.74 bits per heavy atom. The number of fused-ring (bicyclic) bond motifs is 1. The van der Waals surface area contributed by atoms with Crippen LogP contribution in [0.5, 0.6) is 0 Å². The highest BCUT2D eigenvalue weighted by Crippen LogP contribution is 2.32. The minimum absolute atomic E-state index is 0.0784. The van der Waals surface area contributed by atoms with E-state index in [-0.39, 0.29) is 40.8 Å². The summed E-state index contributed by atoms with van der Waals surface area (Å²) in [6.45, 7) is 6.99. The number of sulfonamides is 1. The zero-order chi connectivity index (χ0) is 28.5. The summed E-state index contributed by atoms with van der Waals surface area (Å²) in [7, 11) is -3.95. The molecule has 2 atom stereocenters. The molecule has 0 saturated carbocycles. The Morgan fingerprint density at radius 3 is 2.28 bits per heavy atom. The molecule has 39 heavy (non-hydrogen) atoms. The summed E-state index contributed by atoms with van der Waals surface area (Å²) in [4.78, 5) is 45.3. The first-order valence-electron chi connectivity index (χ1n) is 12.3. The van der Waals surface area contributed by atoms with Crippen molar-refractivity contribution in [3.63, 3.8) is 0 Å². The number of nitrogens with zero attached hydrogens (tertiary/aromatic N) is 4. The lowest BCUT2D eigenvalue weighted by atomic mass is 9.95. The Morgan fingerprint density at radius 1 is 1.10 bits per heavy atom. The van der Waals surface area contributed by atoms with Gasteiger partial charge >= 0.3 is 6.09 Å². The molecule has 3 N–H and O–H groups in total. The maximum atomic E-state index is 12.9. The molecule has 2 saturated heterocycles. The van der Waals surface area contributed by atoms with Crippen LogP contribution in [0.15, 0.2) is 41.6 Å². The van der Waals surface area contributed by atoms with Crippen molar-refractivity contribution in [1.82, 2.24) is 14.8 Å². The molecule has 2 aliphatic rings. The highest BCUT2D eigenvalue weighted by atomic mass is 32.2. The predicted molar refractivity (Wildman–Crippen MR) is 139 cm³/mol. The number of pyridine rings is 1. The lowest BCUT2D eigenvalue weighted by Crippen LogP contribution is -2.36. The average molecular weight is 555 g/mol. The van der Waals surface area contributed by atoms with E-state index < -0.39 is 21.5 Å². The van der Waals surface area contributed by atoms with E-state index in [0.29, 0.717) is 43.0 Å². The number of nitriles is 1. The Hall–Kier alpha value is -4.02. The first-order chi connectivity index (χ1) is 18.3.